The molecule has 1 aromatic heterocycles. The van der Waals surface area contributed by atoms with E-state index in [0.717, 1.165) is 25.7 Å². The summed E-state index contributed by atoms with van der Waals surface area (Å²) in [6.45, 7) is 1.32. The first-order valence-electron chi connectivity index (χ1n) is 6.57. The van der Waals surface area contributed by atoms with Crippen molar-refractivity contribution in [3.63, 3.8) is 0 Å². The highest BCUT2D eigenvalue weighted by molar-refractivity contribution is 6.35. The topological polar surface area (TPSA) is 60.2 Å². The van der Waals surface area contributed by atoms with Gasteiger partial charge in [0.2, 0.25) is 0 Å². The van der Waals surface area contributed by atoms with Crippen LogP contribution in [0.4, 0.5) is 5.82 Å². The molecule has 106 valence electrons. The van der Waals surface area contributed by atoms with Gasteiger partial charge in [-0.25, -0.2) is 4.98 Å². The lowest BCUT2D eigenvalue weighted by molar-refractivity contribution is 0.0313. The molecule has 0 radical (unpaired) electrons. The Hall–Kier alpha value is -0.550. The number of aromatic nitrogens is 1. The third kappa shape index (κ3) is 4.80. The first-order valence-corrected chi connectivity index (χ1v) is 7.33. The maximum atomic E-state index is 6.01. The van der Waals surface area contributed by atoms with Crippen LogP contribution in [-0.2, 0) is 4.74 Å². The van der Waals surface area contributed by atoms with E-state index in [1.807, 2.05) is 0 Å². The van der Waals surface area contributed by atoms with Crippen molar-refractivity contribution in [2.75, 3.05) is 18.5 Å². The van der Waals surface area contributed by atoms with Gasteiger partial charge >= 0.3 is 0 Å². The number of ether oxygens (including phenoxy) is 1. The minimum Gasteiger partial charge on any atom is -0.376 e. The zero-order chi connectivity index (χ0) is 13.7. The Morgan fingerprint density at radius 3 is 2.74 bits per heavy atom. The van der Waals surface area contributed by atoms with E-state index in [2.05, 4.69) is 10.3 Å². The molecule has 1 aromatic rings. The zero-order valence-corrected chi connectivity index (χ0v) is 12.3. The third-order valence-corrected chi connectivity index (χ3v) is 3.77. The molecule has 1 aliphatic rings. The Labute approximate surface area is 123 Å². The van der Waals surface area contributed by atoms with E-state index in [9.17, 15) is 0 Å². The summed E-state index contributed by atoms with van der Waals surface area (Å²) in [6, 6.07) is 2.03. The van der Waals surface area contributed by atoms with Crippen LogP contribution in [-0.4, -0.2) is 30.3 Å². The molecule has 3 N–H and O–H groups in total. The molecule has 0 unspecified atom stereocenters. The largest absolute Gasteiger partial charge is 0.376 e. The molecule has 0 atom stereocenters. The standard InChI is InChI=1S/C13H19Cl2N3O/c14-9-7-12(15)13(18-8-9)17-5-6-19-11-3-1-10(16)2-4-11/h7-8,10-11H,1-6,16H2,(H,17,18). The Bertz CT molecular complexity index is 409. The number of nitrogens with one attached hydrogen (secondary N) is 1. The molecule has 4 nitrogen and oxygen atoms in total. The van der Waals surface area contributed by atoms with Gasteiger partial charge < -0.3 is 15.8 Å². The summed E-state index contributed by atoms with van der Waals surface area (Å²) in [5, 5.41) is 4.19. The summed E-state index contributed by atoms with van der Waals surface area (Å²) in [4.78, 5) is 4.12. The van der Waals surface area contributed by atoms with Gasteiger partial charge in [-0.1, -0.05) is 23.2 Å². The number of pyridine rings is 1. The normalized spacial score (nSPS) is 23.3. The summed E-state index contributed by atoms with van der Waals surface area (Å²) in [5.74, 6) is 0.639. The number of hydrogen-bond donors (Lipinski definition) is 2. The number of rotatable bonds is 5. The number of anilines is 1. The van der Waals surface area contributed by atoms with Gasteiger partial charge in [-0.3, -0.25) is 0 Å². The Balaban J connectivity index is 1.66. The van der Waals surface area contributed by atoms with Crippen molar-refractivity contribution in [3.8, 4) is 0 Å². The van der Waals surface area contributed by atoms with Crippen LogP contribution in [0.25, 0.3) is 0 Å². The molecular weight excluding hydrogens is 285 g/mol. The van der Waals surface area contributed by atoms with Crippen LogP contribution in [0.2, 0.25) is 10.0 Å². The maximum absolute atomic E-state index is 6.01. The SMILES string of the molecule is NC1CCC(OCCNc2ncc(Cl)cc2Cl)CC1. The average Bonchev–Trinajstić information content (AvgIpc) is 2.39. The summed E-state index contributed by atoms with van der Waals surface area (Å²) in [6.07, 6.45) is 6.14. The fraction of sp³-hybridized carbons (Fsp3) is 0.615. The average molecular weight is 304 g/mol. The van der Waals surface area contributed by atoms with Crippen LogP contribution >= 0.6 is 23.2 Å². The fourth-order valence-electron chi connectivity index (χ4n) is 2.19. The number of nitrogens with two attached hydrogens (primary N) is 1. The summed E-state index contributed by atoms with van der Waals surface area (Å²) in [7, 11) is 0. The summed E-state index contributed by atoms with van der Waals surface area (Å²) < 4.78 is 5.80. The highest BCUT2D eigenvalue weighted by Gasteiger charge is 2.18. The van der Waals surface area contributed by atoms with Gasteiger partial charge in [-0.15, -0.1) is 0 Å². The summed E-state index contributed by atoms with van der Waals surface area (Å²) in [5.41, 5.74) is 5.86. The predicted molar refractivity (Wildman–Crippen MR) is 78.9 cm³/mol. The van der Waals surface area contributed by atoms with Gasteiger partial charge in [0.15, 0.2) is 0 Å². The van der Waals surface area contributed by atoms with Gasteiger partial charge in [0, 0.05) is 18.8 Å². The minimum absolute atomic E-state index is 0.343. The molecule has 1 aliphatic carbocycles. The van der Waals surface area contributed by atoms with E-state index in [0.29, 0.717) is 41.2 Å². The van der Waals surface area contributed by atoms with Crippen LogP contribution in [0.3, 0.4) is 0 Å². The molecule has 1 heterocycles. The van der Waals surface area contributed by atoms with Crippen molar-refractivity contribution in [2.24, 2.45) is 5.73 Å². The van der Waals surface area contributed by atoms with Crippen LogP contribution in [0, 0.1) is 0 Å². The molecule has 0 aromatic carbocycles. The van der Waals surface area contributed by atoms with Crippen LogP contribution in [0.15, 0.2) is 12.3 Å². The fourth-order valence-corrected chi connectivity index (χ4v) is 2.64. The highest BCUT2D eigenvalue weighted by Crippen LogP contribution is 2.22. The highest BCUT2D eigenvalue weighted by atomic mass is 35.5. The van der Waals surface area contributed by atoms with E-state index < -0.39 is 0 Å². The zero-order valence-electron chi connectivity index (χ0n) is 10.7. The van der Waals surface area contributed by atoms with Crippen LogP contribution in [0.5, 0.6) is 0 Å². The second-order valence-electron chi connectivity index (χ2n) is 4.82. The first-order chi connectivity index (χ1) is 9.15. The third-order valence-electron chi connectivity index (χ3n) is 3.27. The van der Waals surface area contributed by atoms with Gasteiger partial charge in [-0.05, 0) is 31.7 Å². The van der Waals surface area contributed by atoms with Gasteiger partial charge in [-0.2, -0.15) is 0 Å². The van der Waals surface area contributed by atoms with Gasteiger partial charge in [0.1, 0.15) is 5.82 Å². The van der Waals surface area contributed by atoms with Crippen molar-refractivity contribution in [3.05, 3.63) is 22.3 Å². The van der Waals surface area contributed by atoms with E-state index in [1.54, 1.807) is 12.3 Å². The van der Waals surface area contributed by atoms with E-state index in [1.165, 1.54) is 0 Å². The molecule has 0 saturated heterocycles. The lowest BCUT2D eigenvalue weighted by Gasteiger charge is -2.26. The second-order valence-corrected chi connectivity index (χ2v) is 5.66. The van der Waals surface area contributed by atoms with E-state index in [4.69, 9.17) is 33.7 Å². The van der Waals surface area contributed by atoms with Gasteiger partial charge in [0.05, 0.1) is 22.8 Å². The Morgan fingerprint density at radius 2 is 2.05 bits per heavy atom. The molecule has 1 fully saturated rings. The van der Waals surface area contributed by atoms with Crippen molar-refractivity contribution >= 4 is 29.0 Å². The maximum Gasteiger partial charge on any atom is 0.144 e. The van der Waals surface area contributed by atoms with Crippen LogP contribution < -0.4 is 11.1 Å². The first kappa shape index (κ1) is 14.9. The Kier molecular flexibility index (Phi) is 5.70. The lowest BCUT2D eigenvalue weighted by atomic mass is 9.94. The molecule has 0 aliphatic heterocycles. The minimum atomic E-state index is 0.343. The lowest BCUT2D eigenvalue weighted by Crippen LogP contribution is -2.31. The molecule has 1 saturated carbocycles. The Morgan fingerprint density at radius 1 is 1.32 bits per heavy atom. The van der Waals surface area contributed by atoms with Gasteiger partial charge in [0.25, 0.3) is 0 Å². The van der Waals surface area contributed by atoms with Crippen molar-refractivity contribution in [1.82, 2.24) is 4.98 Å². The monoisotopic (exact) mass is 303 g/mol. The summed E-state index contributed by atoms with van der Waals surface area (Å²) >= 11 is 11.8. The smallest absolute Gasteiger partial charge is 0.144 e. The second kappa shape index (κ2) is 7.29. The number of nitrogens with zero attached hydrogens (tertiary/aromatic N) is 1. The number of halogens is 2. The van der Waals surface area contributed by atoms with Crippen LogP contribution in [0.1, 0.15) is 25.7 Å². The molecule has 6 heteroatoms. The molecule has 19 heavy (non-hydrogen) atoms. The molecular formula is C13H19Cl2N3O. The molecule has 0 spiro atoms. The van der Waals surface area contributed by atoms with Crippen molar-refractivity contribution in [2.45, 2.75) is 37.8 Å². The predicted octanol–water partition coefficient (Wildman–Crippen LogP) is 3.09. The van der Waals surface area contributed by atoms with Crippen molar-refractivity contribution < 1.29 is 4.74 Å². The number of hydrogen-bond acceptors (Lipinski definition) is 4. The van der Waals surface area contributed by atoms with Crippen molar-refractivity contribution in [1.29, 1.82) is 0 Å². The molecule has 0 amide bonds. The van der Waals surface area contributed by atoms with E-state index >= 15 is 0 Å². The van der Waals surface area contributed by atoms with E-state index in [-0.39, 0.29) is 0 Å². The molecule has 2 rings (SSSR count). The quantitative estimate of drug-likeness (QED) is 0.821. The molecule has 0 bridgehead atoms.